The summed E-state index contributed by atoms with van der Waals surface area (Å²) >= 11 is 0. The quantitative estimate of drug-likeness (QED) is 0.0476. The molecule has 0 radical (unpaired) electrons. The van der Waals surface area contributed by atoms with Crippen LogP contribution in [0.15, 0.2) is 60.8 Å². The van der Waals surface area contributed by atoms with Crippen LogP contribution in [0.1, 0.15) is 278 Å². The van der Waals surface area contributed by atoms with Crippen LogP contribution in [0.5, 0.6) is 0 Å². The van der Waals surface area contributed by atoms with Gasteiger partial charge in [-0.25, -0.2) is 0 Å². The molecule has 0 aromatic heterocycles. The Morgan fingerprint density at radius 3 is 1.20 bits per heavy atom. The van der Waals surface area contributed by atoms with Crippen molar-refractivity contribution in [3.63, 3.8) is 0 Å². The van der Waals surface area contributed by atoms with Gasteiger partial charge in [-0.05, 0) is 81.5 Å². The molecule has 0 saturated carbocycles. The third-order valence-corrected chi connectivity index (χ3v) is 10.8. The predicted octanol–water partition coefficient (Wildman–Crippen LogP) is 19.7. The second-order valence-corrected chi connectivity index (χ2v) is 21.9. The maximum absolute atomic E-state index is 12.0. The average Bonchev–Trinajstić information content (AvgIpc) is 3.21. The fourth-order valence-electron chi connectivity index (χ4n) is 6.46. The summed E-state index contributed by atoms with van der Waals surface area (Å²) in [5.74, 6) is 1.97. The van der Waals surface area contributed by atoms with Crippen LogP contribution >= 0.6 is 0 Å². The molecule has 4 nitrogen and oxygen atoms in total. The van der Waals surface area contributed by atoms with E-state index in [2.05, 4.69) is 118 Å². The number of unbranched alkanes of at least 4 members (excludes halogenated alkanes) is 13. The largest absolute Gasteiger partial charge is 0.299 e. The van der Waals surface area contributed by atoms with Crippen molar-refractivity contribution in [2.45, 2.75) is 278 Å². The van der Waals surface area contributed by atoms with E-state index in [9.17, 15) is 19.2 Å². The van der Waals surface area contributed by atoms with E-state index in [4.69, 9.17) is 0 Å². The normalized spacial score (nSPS) is 12.3. The van der Waals surface area contributed by atoms with E-state index >= 15 is 0 Å². The van der Waals surface area contributed by atoms with Crippen molar-refractivity contribution in [3.05, 3.63) is 60.8 Å². The summed E-state index contributed by atoms with van der Waals surface area (Å²) in [5, 5.41) is 0. The molecule has 0 aromatic rings. The first kappa shape index (κ1) is 69.0. The zero-order valence-electron chi connectivity index (χ0n) is 46.4. The topological polar surface area (TPSA) is 68.3 Å². The van der Waals surface area contributed by atoms with Crippen LogP contribution in [0.4, 0.5) is 0 Å². The highest BCUT2D eigenvalue weighted by molar-refractivity contribution is 5.84. The van der Waals surface area contributed by atoms with E-state index in [1.54, 1.807) is 0 Å². The molecule has 65 heavy (non-hydrogen) atoms. The van der Waals surface area contributed by atoms with E-state index in [-0.39, 0.29) is 28.1 Å². The van der Waals surface area contributed by atoms with Gasteiger partial charge in [0, 0.05) is 49.4 Å². The van der Waals surface area contributed by atoms with Gasteiger partial charge in [0.25, 0.3) is 0 Å². The van der Waals surface area contributed by atoms with Gasteiger partial charge in [0.2, 0.25) is 0 Å². The van der Waals surface area contributed by atoms with Gasteiger partial charge in [-0.15, -0.1) is 0 Å². The number of ketones is 4. The van der Waals surface area contributed by atoms with Crippen molar-refractivity contribution < 1.29 is 19.2 Å². The van der Waals surface area contributed by atoms with Gasteiger partial charge in [-0.3, -0.25) is 19.2 Å². The highest BCUT2D eigenvalue weighted by atomic mass is 16.1. The van der Waals surface area contributed by atoms with E-state index < -0.39 is 0 Å². The molecule has 0 atom stereocenters. The summed E-state index contributed by atoms with van der Waals surface area (Å²) in [6.45, 7) is 33.3. The van der Waals surface area contributed by atoms with Crippen molar-refractivity contribution in [2.24, 2.45) is 28.1 Å². The highest BCUT2D eigenvalue weighted by Gasteiger charge is 2.29. The molecule has 0 heterocycles. The molecule has 0 fully saturated rings. The van der Waals surface area contributed by atoms with Crippen LogP contribution in [-0.2, 0) is 19.2 Å². The first-order chi connectivity index (χ1) is 30.5. The number of rotatable bonds is 34. The number of carbonyl (C=O) groups excluding carboxylic acids is 4. The second kappa shape index (κ2) is 46.5. The summed E-state index contributed by atoms with van der Waals surface area (Å²) in [6.07, 6.45) is 50.6. The zero-order valence-corrected chi connectivity index (χ0v) is 46.4. The van der Waals surface area contributed by atoms with E-state index in [1.165, 1.54) is 77.0 Å². The Morgan fingerprint density at radius 1 is 0.415 bits per heavy atom. The molecule has 0 spiro atoms. The number of Topliss-reactive ketones (excluding diaryl/α,β-unsaturated/α-hetero) is 4. The Morgan fingerprint density at radius 2 is 0.785 bits per heavy atom. The fourth-order valence-corrected chi connectivity index (χ4v) is 6.46. The maximum atomic E-state index is 12.0. The molecule has 0 amide bonds. The van der Waals surface area contributed by atoms with Crippen LogP contribution in [-0.4, -0.2) is 23.1 Å². The lowest BCUT2D eigenvalue weighted by Crippen LogP contribution is -2.27. The van der Waals surface area contributed by atoms with Crippen LogP contribution in [0, 0.1) is 28.1 Å². The van der Waals surface area contributed by atoms with Crippen molar-refractivity contribution in [1.29, 1.82) is 0 Å². The van der Waals surface area contributed by atoms with Crippen molar-refractivity contribution in [1.82, 2.24) is 0 Å². The monoisotopic (exact) mass is 909 g/mol. The standard InChI is InChI=1S/C21H36O.C15H30O.C14H26O.C11H20O/c1-4-5-6-7-8-9-10-11-12-13-14-15-16-17-18-19-21(22)20(2)3;1-4-5-6-7-8-9-10-11-12-13-15(16)14(2)3;1-7-8-9-10-14(5,6)12(15)11-13(2,3)4;1-5-6-7-8-10(12)9-11(2,3)4/h8-9,11-12,14-15,20H,4-7,10,13,16-19H2,1-3H3;14H,4-13H2,1-3H3;8-9H,7,10-11H2,1-6H3;6-7H,5,8-9H2,1-4H3/b9-8-,12-11-,15-14-;;9-8-;7-6-. The SMILES string of the molecule is CC/C=C\CC(=O)CC(C)(C)C.CC/C=C\CC(C)(C)C(=O)CC(C)(C)C.CCCCC/C=C\C/C=C\C/C=C\CCCCC(=O)C(C)C.CCCCCCCCCCCC(=O)C(C)C. The minimum absolute atomic E-state index is 0.100. The number of allylic oxidation sites excluding steroid dienone is 10. The molecule has 0 bridgehead atoms. The Hall–Kier alpha value is -2.62. The van der Waals surface area contributed by atoms with Gasteiger partial charge in [0.1, 0.15) is 23.1 Å². The van der Waals surface area contributed by atoms with Gasteiger partial charge in [-0.1, -0.05) is 236 Å². The van der Waals surface area contributed by atoms with Gasteiger partial charge >= 0.3 is 0 Å². The molecule has 0 aliphatic carbocycles. The van der Waals surface area contributed by atoms with Gasteiger partial charge in [0.15, 0.2) is 0 Å². The molecule has 0 N–H and O–H groups in total. The lowest BCUT2D eigenvalue weighted by molar-refractivity contribution is -0.129. The van der Waals surface area contributed by atoms with Gasteiger partial charge < -0.3 is 0 Å². The Balaban J connectivity index is -0.000000391. The van der Waals surface area contributed by atoms with Crippen LogP contribution in [0.25, 0.3) is 0 Å². The third-order valence-electron chi connectivity index (χ3n) is 10.8. The molecule has 0 aliphatic rings. The van der Waals surface area contributed by atoms with E-state index in [0.717, 1.165) is 70.6 Å². The Labute approximate surface area is 407 Å². The van der Waals surface area contributed by atoms with Crippen LogP contribution in [0.3, 0.4) is 0 Å². The minimum atomic E-state index is -0.209. The summed E-state index contributed by atoms with van der Waals surface area (Å²) in [6, 6.07) is 0. The van der Waals surface area contributed by atoms with Crippen molar-refractivity contribution >= 4 is 23.1 Å². The Kier molecular flexibility index (Phi) is 49.3. The lowest BCUT2D eigenvalue weighted by Gasteiger charge is -2.26. The third kappa shape index (κ3) is 59.4. The van der Waals surface area contributed by atoms with Gasteiger partial charge in [-0.2, -0.15) is 0 Å². The fraction of sp³-hybridized carbons (Fsp3) is 0.770. The van der Waals surface area contributed by atoms with E-state index in [0.29, 0.717) is 42.4 Å². The molecule has 0 aromatic carbocycles. The molecular weight excluding hydrogens is 797 g/mol. The zero-order chi connectivity index (χ0) is 50.4. The average molecular weight is 910 g/mol. The molecule has 0 rings (SSSR count). The van der Waals surface area contributed by atoms with Crippen molar-refractivity contribution in [3.8, 4) is 0 Å². The first-order valence-electron chi connectivity index (χ1n) is 26.9. The maximum Gasteiger partial charge on any atom is 0.139 e. The number of hydrogen-bond donors (Lipinski definition) is 0. The summed E-state index contributed by atoms with van der Waals surface area (Å²) in [4.78, 5) is 46.1. The van der Waals surface area contributed by atoms with Gasteiger partial charge in [0.05, 0.1) is 0 Å². The highest BCUT2D eigenvalue weighted by Crippen LogP contribution is 2.30. The molecule has 0 aliphatic heterocycles. The predicted molar refractivity (Wildman–Crippen MR) is 291 cm³/mol. The smallest absolute Gasteiger partial charge is 0.139 e. The molecular formula is C61H112O4. The van der Waals surface area contributed by atoms with Crippen LogP contribution < -0.4 is 0 Å². The van der Waals surface area contributed by atoms with Crippen LogP contribution in [0.2, 0.25) is 0 Å². The first-order valence-corrected chi connectivity index (χ1v) is 26.9. The molecule has 0 saturated heterocycles. The second-order valence-electron chi connectivity index (χ2n) is 21.9. The summed E-state index contributed by atoms with van der Waals surface area (Å²) in [5.41, 5.74) is 0.0267. The van der Waals surface area contributed by atoms with E-state index in [1.807, 2.05) is 53.7 Å². The van der Waals surface area contributed by atoms with Crippen molar-refractivity contribution in [2.75, 3.05) is 0 Å². The number of carbonyl (C=O) groups is 4. The molecule has 4 heteroatoms. The Bertz CT molecular complexity index is 1270. The number of hydrogen-bond acceptors (Lipinski definition) is 4. The lowest BCUT2D eigenvalue weighted by atomic mass is 9.77. The molecule has 380 valence electrons. The summed E-state index contributed by atoms with van der Waals surface area (Å²) < 4.78 is 0. The minimum Gasteiger partial charge on any atom is -0.299 e. The molecule has 0 unspecified atom stereocenters. The summed E-state index contributed by atoms with van der Waals surface area (Å²) in [7, 11) is 0.